The molecule has 3 heteroatoms. The molecule has 1 N–H and O–H groups in total. The second-order valence-corrected chi connectivity index (χ2v) is 2.44. The maximum absolute atomic E-state index is 10.5. The zero-order chi connectivity index (χ0) is 8.97. The molecule has 1 aromatic carbocycles. The Labute approximate surface area is 71.1 Å². The summed E-state index contributed by atoms with van der Waals surface area (Å²) in [6, 6.07) is 8.99. The molecule has 12 heavy (non-hydrogen) atoms. The summed E-state index contributed by atoms with van der Waals surface area (Å²) in [5.74, 6) is -0.0931. The van der Waals surface area contributed by atoms with E-state index in [0.29, 0.717) is 5.75 Å². The van der Waals surface area contributed by atoms with Crippen molar-refractivity contribution in [3.63, 3.8) is 0 Å². The minimum atomic E-state index is -0.709. The predicted molar refractivity (Wildman–Crippen MR) is 44.3 cm³/mol. The topological polar surface area (TPSA) is 56.1 Å². The molecule has 0 bridgehead atoms. The first-order chi connectivity index (χ1) is 5.70. The number of nitrogens with one attached hydrogen (secondary N) is 1. The molecule has 0 saturated heterocycles. The highest BCUT2D eigenvalue weighted by atomic mass is 16.5. The van der Waals surface area contributed by atoms with E-state index in [1.54, 1.807) is 19.1 Å². The third-order valence-corrected chi connectivity index (χ3v) is 1.43. The second-order valence-electron chi connectivity index (χ2n) is 2.44. The van der Waals surface area contributed by atoms with Gasteiger partial charge in [0.05, 0.1) is 0 Å². The van der Waals surface area contributed by atoms with Gasteiger partial charge in [-0.1, -0.05) is 18.2 Å². The lowest BCUT2D eigenvalue weighted by molar-refractivity contribution is -0.227. The minimum Gasteiger partial charge on any atom is -0.860 e. The molecule has 1 atom stereocenters. The maximum atomic E-state index is 10.5. The molecule has 0 radical (unpaired) electrons. The van der Waals surface area contributed by atoms with Crippen LogP contribution in [0.25, 0.3) is 0 Å². The average molecular weight is 164 g/mol. The van der Waals surface area contributed by atoms with Gasteiger partial charge in [-0.05, 0) is 25.0 Å². The van der Waals surface area contributed by atoms with Gasteiger partial charge in [0.1, 0.15) is 11.9 Å². The highest BCUT2D eigenvalue weighted by Gasteiger charge is 2.00. The van der Waals surface area contributed by atoms with Crippen molar-refractivity contribution < 1.29 is 9.84 Å². The van der Waals surface area contributed by atoms with Crippen LogP contribution in [-0.4, -0.2) is 12.0 Å². The van der Waals surface area contributed by atoms with Crippen molar-refractivity contribution in [3.8, 4) is 5.75 Å². The monoisotopic (exact) mass is 164 g/mol. The number of ether oxygens (including phenoxy) is 1. The normalized spacial score (nSPS) is 12.1. The van der Waals surface area contributed by atoms with Gasteiger partial charge in [0, 0.05) is 0 Å². The lowest BCUT2D eigenvalue weighted by Gasteiger charge is -2.18. The van der Waals surface area contributed by atoms with Gasteiger partial charge in [-0.2, -0.15) is 0 Å². The number of benzene rings is 1. The third kappa shape index (κ3) is 2.27. The number of hydrogen-bond acceptors (Lipinski definition) is 3. The summed E-state index contributed by atoms with van der Waals surface area (Å²) in [6.45, 7) is 1.56. The highest BCUT2D eigenvalue weighted by molar-refractivity contribution is 5.72. The molecule has 3 nitrogen and oxygen atoms in total. The van der Waals surface area contributed by atoms with Crippen LogP contribution in [0.2, 0.25) is 0 Å². The molecule has 0 spiro atoms. The Bertz CT molecular complexity index is 258. The van der Waals surface area contributed by atoms with Crippen LogP contribution < -0.4 is 9.84 Å². The second kappa shape index (κ2) is 3.76. The maximum Gasteiger partial charge on any atom is 0.123 e. The summed E-state index contributed by atoms with van der Waals surface area (Å²) < 4.78 is 5.14. The zero-order valence-corrected chi connectivity index (χ0v) is 6.78. The molecule has 0 aliphatic heterocycles. The first-order valence-corrected chi connectivity index (χ1v) is 3.67. The van der Waals surface area contributed by atoms with Crippen LogP contribution >= 0.6 is 0 Å². The van der Waals surface area contributed by atoms with Gasteiger partial charge in [0.15, 0.2) is 0 Å². The largest absolute Gasteiger partial charge is 0.860 e. The van der Waals surface area contributed by atoms with Gasteiger partial charge in [-0.25, -0.2) is 0 Å². The molecule has 1 rings (SSSR count). The van der Waals surface area contributed by atoms with Crippen molar-refractivity contribution in [2.24, 2.45) is 0 Å². The average Bonchev–Trinajstić information content (AvgIpc) is 2.06. The van der Waals surface area contributed by atoms with Crippen molar-refractivity contribution in [1.29, 1.82) is 5.41 Å². The third-order valence-electron chi connectivity index (χ3n) is 1.43. The van der Waals surface area contributed by atoms with Crippen molar-refractivity contribution in [1.82, 2.24) is 0 Å². The summed E-state index contributed by atoms with van der Waals surface area (Å²) in [5.41, 5.74) is 0. The molecule has 0 aliphatic rings. The van der Waals surface area contributed by atoms with Gasteiger partial charge in [0.25, 0.3) is 0 Å². The van der Waals surface area contributed by atoms with E-state index in [-0.39, 0.29) is 0 Å². The summed E-state index contributed by atoms with van der Waals surface area (Å²) in [4.78, 5) is 0. The smallest absolute Gasteiger partial charge is 0.123 e. The first kappa shape index (κ1) is 8.59. The zero-order valence-electron chi connectivity index (χ0n) is 6.78. The van der Waals surface area contributed by atoms with Gasteiger partial charge in [-0.15, -0.1) is 0 Å². The standard InChI is InChI=1S/C9H11NO2/c1-7(9(10)11)12-8-5-3-2-4-6-8/h2-7H,1H3,(H2,10,11)/p-1. The molecule has 0 aromatic heterocycles. The lowest BCUT2D eigenvalue weighted by Crippen LogP contribution is -2.33. The number of para-hydroxylation sites is 1. The molecule has 0 saturated carbocycles. The lowest BCUT2D eigenvalue weighted by atomic mass is 10.3. The van der Waals surface area contributed by atoms with E-state index in [0.717, 1.165) is 0 Å². The molecule has 0 heterocycles. The fourth-order valence-electron chi connectivity index (χ4n) is 0.757. The van der Waals surface area contributed by atoms with Crippen molar-refractivity contribution in [2.45, 2.75) is 13.0 Å². The van der Waals surface area contributed by atoms with E-state index in [9.17, 15) is 5.11 Å². The summed E-state index contributed by atoms with van der Waals surface area (Å²) in [7, 11) is 0. The fraction of sp³-hybridized carbons (Fsp3) is 0.222. The van der Waals surface area contributed by atoms with Crippen LogP contribution in [0.5, 0.6) is 5.75 Å². The van der Waals surface area contributed by atoms with Crippen molar-refractivity contribution >= 4 is 5.90 Å². The van der Waals surface area contributed by atoms with Crippen molar-refractivity contribution in [3.05, 3.63) is 30.3 Å². The SMILES string of the molecule is CC(Oc1ccccc1)C(=N)[O-]. The van der Waals surface area contributed by atoms with Gasteiger partial charge in [-0.3, -0.25) is 0 Å². The molecule has 64 valence electrons. The highest BCUT2D eigenvalue weighted by Crippen LogP contribution is 2.10. The molecule has 0 aliphatic carbocycles. The van der Waals surface area contributed by atoms with Crippen LogP contribution in [-0.2, 0) is 0 Å². The fourth-order valence-corrected chi connectivity index (χ4v) is 0.757. The van der Waals surface area contributed by atoms with E-state index in [1.165, 1.54) is 0 Å². The Hall–Kier alpha value is -1.51. The van der Waals surface area contributed by atoms with E-state index in [4.69, 9.17) is 10.1 Å². The van der Waals surface area contributed by atoms with Crippen LogP contribution in [0.3, 0.4) is 0 Å². The van der Waals surface area contributed by atoms with Crippen LogP contribution in [0.15, 0.2) is 30.3 Å². The van der Waals surface area contributed by atoms with Crippen LogP contribution in [0.4, 0.5) is 0 Å². The van der Waals surface area contributed by atoms with Gasteiger partial charge < -0.3 is 15.3 Å². The minimum absolute atomic E-state index is 0.616. The van der Waals surface area contributed by atoms with E-state index >= 15 is 0 Å². The first-order valence-electron chi connectivity index (χ1n) is 3.67. The predicted octanol–water partition coefficient (Wildman–Crippen LogP) is 0.791. The molecule has 0 fully saturated rings. The number of hydrogen-bond donors (Lipinski definition) is 1. The quantitative estimate of drug-likeness (QED) is 0.530. The summed E-state index contributed by atoms with van der Waals surface area (Å²) in [5, 5.41) is 17.3. The Morgan fingerprint density at radius 2 is 2.00 bits per heavy atom. The van der Waals surface area contributed by atoms with E-state index < -0.39 is 12.0 Å². The van der Waals surface area contributed by atoms with Crippen LogP contribution in [0, 0.1) is 5.41 Å². The van der Waals surface area contributed by atoms with Crippen molar-refractivity contribution in [2.75, 3.05) is 0 Å². The van der Waals surface area contributed by atoms with Crippen LogP contribution in [0.1, 0.15) is 6.92 Å². The summed E-state index contributed by atoms with van der Waals surface area (Å²) in [6.07, 6.45) is -0.688. The Kier molecular flexibility index (Phi) is 2.69. The molecule has 1 unspecified atom stereocenters. The Morgan fingerprint density at radius 1 is 1.42 bits per heavy atom. The number of rotatable bonds is 3. The van der Waals surface area contributed by atoms with E-state index in [1.807, 2.05) is 18.2 Å². The Balaban J connectivity index is 2.58. The van der Waals surface area contributed by atoms with Gasteiger partial charge >= 0.3 is 0 Å². The molecular weight excluding hydrogens is 154 g/mol. The summed E-state index contributed by atoms with van der Waals surface area (Å²) >= 11 is 0. The molecule has 1 aromatic rings. The van der Waals surface area contributed by atoms with E-state index in [2.05, 4.69) is 0 Å². The Morgan fingerprint density at radius 3 is 2.50 bits per heavy atom. The molecular formula is C9H10NO2-. The molecule has 0 amide bonds. The van der Waals surface area contributed by atoms with Gasteiger partial charge in [0.2, 0.25) is 0 Å².